The van der Waals surface area contributed by atoms with Gasteiger partial charge in [0.1, 0.15) is 18.1 Å². The van der Waals surface area contributed by atoms with Crippen molar-refractivity contribution in [3.63, 3.8) is 0 Å². The Balaban J connectivity index is 2.57. The monoisotopic (exact) mass is 394 g/mol. The van der Waals surface area contributed by atoms with Crippen molar-refractivity contribution in [1.29, 1.82) is 0 Å². The number of rotatable bonds is 9. The van der Waals surface area contributed by atoms with Crippen LogP contribution < -0.4 is 0 Å². The highest BCUT2D eigenvalue weighted by Crippen LogP contribution is 2.23. The minimum absolute atomic E-state index is 0.147. The highest BCUT2D eigenvalue weighted by Gasteiger charge is 2.34. The van der Waals surface area contributed by atoms with E-state index in [2.05, 4.69) is 0 Å². The number of esters is 2. The summed E-state index contributed by atoms with van der Waals surface area (Å²) in [4.78, 5) is 24.5. The smallest absolute Gasteiger partial charge is 0.314 e. The summed E-state index contributed by atoms with van der Waals surface area (Å²) >= 11 is 0. The quantitative estimate of drug-likeness (QED) is 0.504. The van der Waals surface area contributed by atoms with Gasteiger partial charge in [-0.1, -0.05) is 30.3 Å². The van der Waals surface area contributed by atoms with E-state index in [-0.39, 0.29) is 25.4 Å². The molecular weight excluding hydrogens is 360 g/mol. The molecule has 0 amide bonds. The lowest BCUT2D eigenvalue weighted by atomic mass is 10.00. The van der Waals surface area contributed by atoms with E-state index in [1.165, 1.54) is 0 Å². The van der Waals surface area contributed by atoms with Gasteiger partial charge in [-0.25, -0.2) is 0 Å². The molecule has 158 valence electrons. The summed E-state index contributed by atoms with van der Waals surface area (Å²) in [6.45, 7) is 10.9. The summed E-state index contributed by atoms with van der Waals surface area (Å²) in [5.74, 6) is -1.76. The fourth-order valence-corrected chi connectivity index (χ4v) is 2.48. The molecule has 0 saturated carbocycles. The van der Waals surface area contributed by atoms with Crippen molar-refractivity contribution >= 4 is 11.9 Å². The van der Waals surface area contributed by atoms with Crippen LogP contribution in [0.25, 0.3) is 0 Å². The predicted molar refractivity (Wildman–Crippen MR) is 106 cm³/mol. The molecule has 6 heteroatoms. The van der Waals surface area contributed by atoms with E-state index in [1.54, 1.807) is 41.5 Å². The first-order valence-electron chi connectivity index (χ1n) is 9.66. The average Bonchev–Trinajstić information content (AvgIpc) is 2.54. The fraction of sp³-hybridized carbons (Fsp3) is 0.636. The second-order valence-corrected chi connectivity index (χ2v) is 8.80. The van der Waals surface area contributed by atoms with Crippen molar-refractivity contribution in [2.75, 3.05) is 0 Å². The van der Waals surface area contributed by atoms with E-state index in [0.29, 0.717) is 6.42 Å². The molecular formula is C22H34O6. The number of hydrogen-bond donors (Lipinski definition) is 1. The maximum absolute atomic E-state index is 12.5. The van der Waals surface area contributed by atoms with Gasteiger partial charge >= 0.3 is 11.9 Å². The van der Waals surface area contributed by atoms with Crippen molar-refractivity contribution in [2.24, 2.45) is 5.92 Å². The number of aliphatic hydroxyl groups is 1. The van der Waals surface area contributed by atoms with Crippen molar-refractivity contribution < 1.29 is 28.9 Å². The number of ether oxygens (including phenoxy) is 3. The molecule has 0 aliphatic heterocycles. The van der Waals surface area contributed by atoms with E-state index in [0.717, 1.165) is 5.56 Å². The predicted octanol–water partition coefficient (Wildman–Crippen LogP) is 3.99. The maximum Gasteiger partial charge on any atom is 0.314 e. The third-order valence-electron chi connectivity index (χ3n) is 3.67. The minimum atomic E-state index is -1.31. The lowest BCUT2D eigenvalue weighted by molar-refractivity contribution is -0.209. The number of carbonyl (C=O) groups excluding carboxylic acids is 2. The molecule has 0 heterocycles. The van der Waals surface area contributed by atoms with Gasteiger partial charge in [-0.3, -0.25) is 9.59 Å². The van der Waals surface area contributed by atoms with Crippen LogP contribution in [0.2, 0.25) is 0 Å². The van der Waals surface area contributed by atoms with Crippen LogP contribution in [0.15, 0.2) is 30.3 Å². The van der Waals surface area contributed by atoms with E-state index in [1.807, 2.05) is 30.3 Å². The molecule has 0 spiro atoms. The van der Waals surface area contributed by atoms with Gasteiger partial charge < -0.3 is 19.3 Å². The molecule has 0 aliphatic carbocycles. The normalized spacial score (nSPS) is 14.2. The van der Waals surface area contributed by atoms with Crippen LogP contribution in [-0.2, 0) is 30.4 Å². The molecule has 0 fully saturated rings. The Morgan fingerprint density at radius 3 is 2.14 bits per heavy atom. The third kappa shape index (κ3) is 10.4. The molecule has 2 atom stereocenters. The van der Waals surface area contributed by atoms with Gasteiger partial charge in [0.2, 0.25) is 0 Å². The molecule has 1 aromatic rings. The molecule has 0 aromatic heterocycles. The lowest BCUT2D eigenvalue weighted by Gasteiger charge is -2.30. The van der Waals surface area contributed by atoms with Gasteiger partial charge in [-0.05, 0) is 59.9 Å². The second kappa shape index (κ2) is 10.6. The minimum Gasteiger partial charge on any atom is -0.461 e. The van der Waals surface area contributed by atoms with E-state index in [4.69, 9.17) is 14.2 Å². The van der Waals surface area contributed by atoms with Crippen LogP contribution in [0, 0.1) is 5.92 Å². The van der Waals surface area contributed by atoms with Crippen LogP contribution in [0.3, 0.4) is 0 Å². The zero-order valence-corrected chi connectivity index (χ0v) is 17.9. The zero-order valence-electron chi connectivity index (χ0n) is 17.9. The van der Waals surface area contributed by atoms with Crippen LogP contribution in [0.5, 0.6) is 0 Å². The fourth-order valence-electron chi connectivity index (χ4n) is 2.48. The summed E-state index contributed by atoms with van der Waals surface area (Å²) in [7, 11) is 0. The largest absolute Gasteiger partial charge is 0.461 e. The molecule has 1 N–H and O–H groups in total. The highest BCUT2D eigenvalue weighted by atomic mass is 16.6. The first-order valence-corrected chi connectivity index (χ1v) is 9.66. The number of hydrogen-bond acceptors (Lipinski definition) is 6. The van der Waals surface area contributed by atoms with Crippen LogP contribution in [-0.4, -0.2) is 34.5 Å². The summed E-state index contributed by atoms with van der Waals surface area (Å²) < 4.78 is 16.2. The standard InChI is InChI=1S/C22H34O6/c1-21(2,3)27-19(24)17(20(25)28-22(4,5)6)13-10-14-18(23)26-15-16-11-8-7-9-12-16/h7-9,11-12,17,19,24H,10,13-15H2,1-6H3. The Labute approximate surface area is 168 Å². The zero-order chi connectivity index (χ0) is 21.4. The summed E-state index contributed by atoms with van der Waals surface area (Å²) in [5.41, 5.74) is -0.379. The molecule has 1 rings (SSSR count). The van der Waals surface area contributed by atoms with E-state index in [9.17, 15) is 14.7 Å². The molecule has 6 nitrogen and oxygen atoms in total. The first kappa shape index (κ1) is 24.1. The third-order valence-corrected chi connectivity index (χ3v) is 3.67. The maximum atomic E-state index is 12.5. The van der Waals surface area contributed by atoms with Gasteiger partial charge in [0, 0.05) is 6.42 Å². The Hall–Kier alpha value is -1.92. The molecule has 0 saturated heterocycles. The van der Waals surface area contributed by atoms with Gasteiger partial charge in [-0.15, -0.1) is 0 Å². The Kier molecular flexibility index (Phi) is 9.11. The Morgan fingerprint density at radius 2 is 1.61 bits per heavy atom. The van der Waals surface area contributed by atoms with Gasteiger partial charge in [0.05, 0.1) is 5.60 Å². The van der Waals surface area contributed by atoms with E-state index < -0.39 is 29.4 Å². The summed E-state index contributed by atoms with van der Waals surface area (Å²) in [5, 5.41) is 10.4. The summed E-state index contributed by atoms with van der Waals surface area (Å²) in [6, 6.07) is 9.42. The highest BCUT2D eigenvalue weighted by molar-refractivity contribution is 5.73. The van der Waals surface area contributed by atoms with Gasteiger partial charge in [0.25, 0.3) is 0 Å². The van der Waals surface area contributed by atoms with Crippen molar-refractivity contribution in [3.8, 4) is 0 Å². The number of aliphatic hydroxyl groups excluding tert-OH is 1. The molecule has 28 heavy (non-hydrogen) atoms. The second-order valence-electron chi connectivity index (χ2n) is 8.80. The number of benzene rings is 1. The van der Waals surface area contributed by atoms with Gasteiger partial charge in [-0.2, -0.15) is 0 Å². The number of carbonyl (C=O) groups is 2. The lowest BCUT2D eigenvalue weighted by Crippen LogP contribution is -2.39. The van der Waals surface area contributed by atoms with Crippen molar-refractivity contribution in [2.45, 2.75) is 84.9 Å². The van der Waals surface area contributed by atoms with Crippen molar-refractivity contribution in [1.82, 2.24) is 0 Å². The van der Waals surface area contributed by atoms with Crippen LogP contribution in [0.4, 0.5) is 0 Å². The first-order chi connectivity index (χ1) is 12.9. The Bertz CT molecular complexity index is 612. The molecule has 1 aromatic carbocycles. The molecule has 0 aliphatic rings. The molecule has 0 bridgehead atoms. The Morgan fingerprint density at radius 1 is 1.00 bits per heavy atom. The average molecular weight is 395 g/mol. The van der Waals surface area contributed by atoms with E-state index >= 15 is 0 Å². The summed E-state index contributed by atoms with van der Waals surface area (Å²) in [6.07, 6.45) is -0.529. The van der Waals surface area contributed by atoms with Crippen LogP contribution >= 0.6 is 0 Å². The van der Waals surface area contributed by atoms with Gasteiger partial charge in [0.15, 0.2) is 6.29 Å². The molecule has 2 unspecified atom stereocenters. The topological polar surface area (TPSA) is 82.1 Å². The SMILES string of the molecule is CC(C)(C)OC(=O)C(CCCC(=O)OCc1ccccc1)C(O)OC(C)(C)C. The van der Waals surface area contributed by atoms with Crippen LogP contribution in [0.1, 0.15) is 66.4 Å². The van der Waals surface area contributed by atoms with Crippen molar-refractivity contribution in [3.05, 3.63) is 35.9 Å². The molecule has 0 radical (unpaired) electrons.